The molecule has 1 saturated carbocycles. The van der Waals surface area contributed by atoms with Gasteiger partial charge in [-0.15, -0.1) is 6.58 Å². The van der Waals surface area contributed by atoms with Crippen molar-refractivity contribution in [1.82, 2.24) is 0 Å². The van der Waals surface area contributed by atoms with Gasteiger partial charge in [-0.2, -0.15) is 0 Å². The first-order valence-corrected chi connectivity index (χ1v) is 11.3. The van der Waals surface area contributed by atoms with E-state index in [4.69, 9.17) is 9.47 Å². The van der Waals surface area contributed by atoms with Crippen molar-refractivity contribution >= 4 is 11.9 Å². The molecule has 31 heavy (non-hydrogen) atoms. The quantitative estimate of drug-likeness (QED) is 0.205. The molecular weight excluding hydrogens is 388 g/mol. The van der Waals surface area contributed by atoms with Crippen molar-refractivity contribution in [2.24, 2.45) is 17.3 Å². The van der Waals surface area contributed by atoms with Crippen molar-refractivity contribution in [3.8, 4) is 0 Å². The van der Waals surface area contributed by atoms with E-state index in [0.29, 0.717) is 18.8 Å². The molecule has 0 unspecified atom stereocenters. The molecule has 1 aromatic rings. The van der Waals surface area contributed by atoms with Crippen molar-refractivity contribution in [3.63, 3.8) is 0 Å². The highest BCUT2D eigenvalue weighted by Gasteiger charge is 2.53. The number of ether oxygens (including phenoxy) is 2. The van der Waals surface area contributed by atoms with Gasteiger partial charge >= 0.3 is 11.9 Å². The molecule has 4 heteroatoms. The molecule has 0 N–H and O–H groups in total. The van der Waals surface area contributed by atoms with Gasteiger partial charge in [-0.25, -0.2) is 0 Å². The first-order chi connectivity index (χ1) is 15.0. The number of carbonyl (C=O) groups excluding carboxylic acids is 2. The van der Waals surface area contributed by atoms with Crippen LogP contribution in [0.1, 0.15) is 52.0 Å². The third-order valence-electron chi connectivity index (χ3n) is 5.99. The Bertz CT molecular complexity index is 773. The Balaban J connectivity index is 2.24. The van der Waals surface area contributed by atoms with E-state index in [1.54, 1.807) is 13.8 Å². The van der Waals surface area contributed by atoms with Crippen LogP contribution in [0.25, 0.3) is 0 Å². The number of allylic oxidation sites excluding steroid dienone is 5. The molecule has 0 bridgehead atoms. The molecule has 1 aliphatic carbocycles. The predicted molar refractivity (Wildman–Crippen MR) is 124 cm³/mol. The topological polar surface area (TPSA) is 52.6 Å². The van der Waals surface area contributed by atoms with Crippen LogP contribution in [0.2, 0.25) is 0 Å². The number of esters is 2. The first kappa shape index (κ1) is 24.6. The van der Waals surface area contributed by atoms with E-state index in [2.05, 4.69) is 43.9 Å². The van der Waals surface area contributed by atoms with E-state index >= 15 is 0 Å². The van der Waals surface area contributed by atoms with E-state index in [-0.39, 0.29) is 19.1 Å². The number of hydrogen-bond donors (Lipinski definition) is 0. The average Bonchev–Trinajstić information content (AvgIpc) is 2.76. The Kier molecular flexibility index (Phi) is 9.77. The molecule has 1 fully saturated rings. The Hall–Kier alpha value is -2.62. The Morgan fingerprint density at radius 3 is 2.35 bits per heavy atom. The second-order valence-corrected chi connectivity index (χ2v) is 8.22. The maximum atomic E-state index is 12.9. The van der Waals surface area contributed by atoms with Gasteiger partial charge in [-0.1, -0.05) is 60.2 Å². The molecule has 0 aromatic heterocycles. The summed E-state index contributed by atoms with van der Waals surface area (Å²) in [5, 5.41) is 0. The summed E-state index contributed by atoms with van der Waals surface area (Å²) in [6, 6.07) is 10.3. The molecule has 1 aromatic carbocycles. The summed E-state index contributed by atoms with van der Waals surface area (Å²) in [5.41, 5.74) is 1.16. The third kappa shape index (κ3) is 6.68. The van der Waals surface area contributed by atoms with E-state index in [1.807, 2.05) is 24.3 Å². The van der Waals surface area contributed by atoms with Crippen molar-refractivity contribution in [2.75, 3.05) is 13.2 Å². The fourth-order valence-electron chi connectivity index (χ4n) is 4.40. The minimum absolute atomic E-state index is 0.0712. The van der Waals surface area contributed by atoms with Gasteiger partial charge in [0.15, 0.2) is 5.41 Å². The fraction of sp³-hybridized carbons (Fsp3) is 0.481. The molecule has 2 atom stereocenters. The minimum atomic E-state index is -1.22. The summed E-state index contributed by atoms with van der Waals surface area (Å²) < 4.78 is 10.6. The number of carbonyl (C=O) groups is 2. The van der Waals surface area contributed by atoms with Crippen LogP contribution in [0, 0.1) is 17.3 Å². The zero-order valence-corrected chi connectivity index (χ0v) is 19.1. The summed E-state index contributed by atoms with van der Waals surface area (Å²) in [4.78, 5) is 25.8. The zero-order valence-electron chi connectivity index (χ0n) is 19.1. The summed E-state index contributed by atoms with van der Waals surface area (Å²) >= 11 is 0. The van der Waals surface area contributed by atoms with Crippen LogP contribution >= 0.6 is 0 Å². The molecule has 0 heterocycles. The zero-order chi connectivity index (χ0) is 22.7. The lowest BCUT2D eigenvalue weighted by Crippen LogP contribution is -2.47. The average molecular weight is 425 g/mol. The molecule has 0 saturated heterocycles. The van der Waals surface area contributed by atoms with Gasteiger partial charge in [-0.05, 0) is 70.3 Å². The molecule has 4 nitrogen and oxygen atoms in total. The second kappa shape index (κ2) is 12.3. The van der Waals surface area contributed by atoms with E-state index in [0.717, 1.165) is 24.8 Å². The monoisotopic (exact) mass is 424 g/mol. The standard InChI is InChI=1S/C27H36O4/c1-5-12-23-17-18-27(25(28)30-6-2,26(29)31-7-3)20-24(23)19-21(4)13-11-16-22-14-9-8-10-15-22/h5,8-11,13-15,19,23-24H,1,6-7,12,16-18,20H2,2-4H3/b13-11+,21-19+/t23-,24-/m1/s1. The summed E-state index contributed by atoms with van der Waals surface area (Å²) in [5.74, 6) is -0.503. The molecule has 0 radical (unpaired) electrons. The molecular formula is C27H36O4. The second-order valence-electron chi connectivity index (χ2n) is 8.22. The predicted octanol–water partition coefficient (Wildman–Crippen LogP) is 5.84. The maximum Gasteiger partial charge on any atom is 0.323 e. The van der Waals surface area contributed by atoms with Crippen LogP contribution in [-0.2, 0) is 25.5 Å². The van der Waals surface area contributed by atoms with E-state index < -0.39 is 17.4 Å². The molecule has 2 rings (SSSR count). The summed E-state index contributed by atoms with van der Waals surface area (Å²) in [6.07, 6.45) is 11.7. The highest BCUT2D eigenvalue weighted by Crippen LogP contribution is 2.46. The Labute approximate surface area is 187 Å². The third-order valence-corrected chi connectivity index (χ3v) is 5.99. The van der Waals surface area contributed by atoms with Crippen molar-refractivity contribution in [2.45, 2.75) is 52.9 Å². The van der Waals surface area contributed by atoms with Crippen LogP contribution in [0.5, 0.6) is 0 Å². The van der Waals surface area contributed by atoms with Crippen molar-refractivity contribution in [3.05, 3.63) is 72.4 Å². The van der Waals surface area contributed by atoms with Gasteiger partial charge in [0, 0.05) is 0 Å². The number of rotatable bonds is 10. The van der Waals surface area contributed by atoms with Gasteiger partial charge in [0.25, 0.3) is 0 Å². The van der Waals surface area contributed by atoms with E-state index in [9.17, 15) is 9.59 Å². The lowest BCUT2D eigenvalue weighted by Gasteiger charge is -2.40. The lowest BCUT2D eigenvalue weighted by atomic mass is 9.64. The maximum absolute atomic E-state index is 12.9. The van der Waals surface area contributed by atoms with Crippen LogP contribution < -0.4 is 0 Å². The molecule has 1 aliphatic rings. The first-order valence-electron chi connectivity index (χ1n) is 11.3. The summed E-state index contributed by atoms with van der Waals surface area (Å²) in [7, 11) is 0. The summed E-state index contributed by atoms with van der Waals surface area (Å²) in [6.45, 7) is 9.99. The van der Waals surface area contributed by atoms with Crippen LogP contribution in [-0.4, -0.2) is 25.2 Å². The highest BCUT2D eigenvalue weighted by molar-refractivity contribution is 6.00. The Morgan fingerprint density at radius 2 is 1.77 bits per heavy atom. The van der Waals surface area contributed by atoms with Crippen molar-refractivity contribution in [1.29, 1.82) is 0 Å². The molecule has 0 spiro atoms. The number of benzene rings is 1. The molecule has 0 amide bonds. The molecule has 0 aliphatic heterocycles. The normalized spacial score (nSPS) is 20.9. The molecule has 168 valence electrons. The van der Waals surface area contributed by atoms with Crippen LogP contribution in [0.15, 0.2) is 66.8 Å². The SMILES string of the molecule is C=CC[C@@H]1CCC(C(=O)OCC)(C(=O)OCC)C[C@H]1/C=C(C)/C=C/Cc1ccccc1. The van der Waals surface area contributed by atoms with Gasteiger partial charge in [-0.3, -0.25) is 9.59 Å². The van der Waals surface area contributed by atoms with E-state index in [1.165, 1.54) is 5.56 Å². The largest absolute Gasteiger partial charge is 0.465 e. The smallest absolute Gasteiger partial charge is 0.323 e. The van der Waals surface area contributed by atoms with Gasteiger partial charge in [0.2, 0.25) is 0 Å². The van der Waals surface area contributed by atoms with Gasteiger partial charge in [0.05, 0.1) is 13.2 Å². The lowest BCUT2D eigenvalue weighted by molar-refractivity contribution is -0.176. The highest BCUT2D eigenvalue weighted by atomic mass is 16.6. The minimum Gasteiger partial charge on any atom is -0.465 e. The van der Waals surface area contributed by atoms with Crippen LogP contribution in [0.4, 0.5) is 0 Å². The van der Waals surface area contributed by atoms with Gasteiger partial charge < -0.3 is 9.47 Å². The Morgan fingerprint density at radius 1 is 1.13 bits per heavy atom. The number of hydrogen-bond acceptors (Lipinski definition) is 4. The van der Waals surface area contributed by atoms with Gasteiger partial charge in [0.1, 0.15) is 0 Å². The fourth-order valence-corrected chi connectivity index (χ4v) is 4.40. The van der Waals surface area contributed by atoms with Crippen molar-refractivity contribution < 1.29 is 19.1 Å². The van der Waals surface area contributed by atoms with Crippen LogP contribution in [0.3, 0.4) is 0 Å².